The molecule has 7 nitrogen and oxygen atoms in total. The van der Waals surface area contributed by atoms with Crippen molar-refractivity contribution >= 4 is 11.2 Å². The van der Waals surface area contributed by atoms with Gasteiger partial charge >= 0.3 is 5.69 Å². The van der Waals surface area contributed by atoms with Crippen molar-refractivity contribution in [1.29, 1.82) is 0 Å². The summed E-state index contributed by atoms with van der Waals surface area (Å²) in [5.74, 6) is 0.732. The number of imidazole rings is 1. The Hall–Kier alpha value is -2.05. The summed E-state index contributed by atoms with van der Waals surface area (Å²) in [6.45, 7) is 0.593. The molecule has 3 rings (SSSR count). The Labute approximate surface area is 134 Å². The normalized spacial score (nSPS) is 16.1. The zero-order valence-corrected chi connectivity index (χ0v) is 14.0. The maximum absolute atomic E-state index is 12.3. The highest BCUT2D eigenvalue weighted by atomic mass is 16.5. The Balaban J connectivity index is 1.83. The smallest absolute Gasteiger partial charge is 0.332 e. The zero-order chi connectivity index (χ0) is 16.6. The van der Waals surface area contributed by atoms with E-state index in [0.717, 1.165) is 16.9 Å². The average molecular weight is 320 g/mol. The summed E-state index contributed by atoms with van der Waals surface area (Å²) in [5.41, 5.74) is 0.0325. The first-order chi connectivity index (χ1) is 11.0. The molecule has 1 aliphatic carbocycles. The van der Waals surface area contributed by atoms with Gasteiger partial charge in [-0.3, -0.25) is 18.5 Å². The highest BCUT2D eigenvalue weighted by molar-refractivity contribution is 5.71. The minimum atomic E-state index is -0.380. The van der Waals surface area contributed by atoms with E-state index in [-0.39, 0.29) is 11.2 Å². The Bertz CT molecular complexity index is 824. The Morgan fingerprint density at radius 2 is 1.74 bits per heavy atom. The summed E-state index contributed by atoms with van der Waals surface area (Å²) in [5, 5.41) is 0. The average Bonchev–Trinajstić information content (AvgIpc) is 2.89. The predicted octanol–water partition coefficient (Wildman–Crippen LogP) is 1.32. The number of aromatic nitrogens is 4. The maximum atomic E-state index is 12.3. The van der Waals surface area contributed by atoms with Gasteiger partial charge in [0.25, 0.3) is 11.6 Å². The monoisotopic (exact) mass is 320 g/mol. The van der Waals surface area contributed by atoms with Gasteiger partial charge in [-0.05, 0) is 12.3 Å². The molecule has 0 bridgehead atoms. The number of hydrogen-bond donors (Lipinski definition) is 0. The van der Waals surface area contributed by atoms with Gasteiger partial charge < -0.3 is 4.74 Å². The van der Waals surface area contributed by atoms with E-state index in [1.165, 1.54) is 43.7 Å². The fourth-order valence-corrected chi connectivity index (χ4v) is 3.42. The van der Waals surface area contributed by atoms with Crippen LogP contribution in [-0.2, 0) is 21.1 Å². The standard InChI is InChI=1S/C16H24N4O3/c1-18-12-13(19(2)16(22)20(3)14(12)21)17-15(18)23-10-9-11-7-5-4-6-8-11/h11H,4-10H2,1-3H3. The van der Waals surface area contributed by atoms with Gasteiger partial charge in [-0.1, -0.05) is 32.1 Å². The fraction of sp³-hybridized carbons (Fsp3) is 0.688. The number of ether oxygens (including phenoxy) is 1. The number of rotatable bonds is 4. The van der Waals surface area contributed by atoms with Gasteiger partial charge in [0, 0.05) is 21.1 Å². The third-order valence-electron chi connectivity index (χ3n) is 4.92. The molecule has 0 N–H and O–H groups in total. The molecule has 0 amide bonds. The summed E-state index contributed by atoms with van der Waals surface area (Å²) in [6, 6.07) is 0.397. The summed E-state index contributed by atoms with van der Waals surface area (Å²) < 4.78 is 9.91. The van der Waals surface area contributed by atoms with E-state index in [1.54, 1.807) is 18.7 Å². The summed E-state index contributed by atoms with van der Waals surface area (Å²) in [6.07, 6.45) is 7.55. The van der Waals surface area contributed by atoms with Crippen LogP contribution < -0.4 is 16.0 Å². The van der Waals surface area contributed by atoms with Gasteiger partial charge in [-0.15, -0.1) is 0 Å². The van der Waals surface area contributed by atoms with Crippen LogP contribution in [-0.4, -0.2) is 25.3 Å². The molecule has 1 fully saturated rings. The quantitative estimate of drug-likeness (QED) is 0.852. The lowest BCUT2D eigenvalue weighted by molar-refractivity contribution is 0.229. The molecular weight excluding hydrogens is 296 g/mol. The van der Waals surface area contributed by atoms with Crippen molar-refractivity contribution in [2.24, 2.45) is 27.1 Å². The molecule has 0 atom stereocenters. The predicted molar refractivity (Wildman–Crippen MR) is 87.9 cm³/mol. The lowest BCUT2D eigenvalue weighted by Gasteiger charge is -2.21. The van der Waals surface area contributed by atoms with Crippen molar-refractivity contribution in [3.63, 3.8) is 0 Å². The van der Waals surface area contributed by atoms with Crippen LogP contribution in [0.5, 0.6) is 6.01 Å². The van der Waals surface area contributed by atoms with Crippen LogP contribution in [0.3, 0.4) is 0 Å². The second-order valence-electron chi connectivity index (χ2n) is 6.47. The van der Waals surface area contributed by atoms with Crippen molar-refractivity contribution in [2.75, 3.05) is 6.61 Å². The van der Waals surface area contributed by atoms with E-state index in [4.69, 9.17) is 4.74 Å². The SMILES string of the molecule is Cn1c(=O)c2c(nc(OCCC3CCCCC3)n2C)n(C)c1=O. The molecule has 0 aliphatic heterocycles. The van der Waals surface area contributed by atoms with Crippen molar-refractivity contribution in [2.45, 2.75) is 38.5 Å². The van der Waals surface area contributed by atoms with E-state index in [1.807, 2.05) is 0 Å². The molecule has 0 saturated heterocycles. The van der Waals surface area contributed by atoms with E-state index >= 15 is 0 Å². The number of nitrogens with zero attached hydrogens (tertiary/aromatic N) is 4. The van der Waals surface area contributed by atoms with Crippen molar-refractivity contribution in [3.8, 4) is 6.01 Å². The minimum Gasteiger partial charge on any atom is -0.465 e. The Morgan fingerprint density at radius 3 is 2.43 bits per heavy atom. The highest BCUT2D eigenvalue weighted by Gasteiger charge is 2.18. The third kappa shape index (κ3) is 2.80. The maximum Gasteiger partial charge on any atom is 0.332 e. The molecular formula is C16H24N4O3. The Kier molecular flexibility index (Phi) is 4.28. The highest BCUT2D eigenvalue weighted by Crippen LogP contribution is 2.26. The van der Waals surface area contributed by atoms with Crippen LogP contribution in [0.4, 0.5) is 0 Å². The molecule has 2 aromatic rings. The molecule has 1 aliphatic rings. The first-order valence-corrected chi connectivity index (χ1v) is 8.26. The topological polar surface area (TPSA) is 71.1 Å². The van der Waals surface area contributed by atoms with Crippen molar-refractivity contribution in [3.05, 3.63) is 20.8 Å². The van der Waals surface area contributed by atoms with E-state index < -0.39 is 0 Å². The first-order valence-electron chi connectivity index (χ1n) is 8.26. The number of fused-ring (bicyclic) bond motifs is 1. The summed E-state index contributed by atoms with van der Waals surface area (Å²) in [7, 11) is 4.83. The fourth-order valence-electron chi connectivity index (χ4n) is 3.42. The van der Waals surface area contributed by atoms with Gasteiger partial charge in [-0.2, -0.15) is 4.98 Å². The van der Waals surface area contributed by atoms with Crippen molar-refractivity contribution in [1.82, 2.24) is 18.7 Å². The minimum absolute atomic E-state index is 0.347. The molecule has 2 aromatic heterocycles. The van der Waals surface area contributed by atoms with Gasteiger partial charge in [0.05, 0.1) is 6.61 Å². The molecule has 0 radical (unpaired) electrons. The van der Waals surface area contributed by atoms with Crippen molar-refractivity contribution < 1.29 is 4.74 Å². The number of hydrogen-bond acceptors (Lipinski definition) is 4. The second-order valence-corrected chi connectivity index (χ2v) is 6.47. The Morgan fingerprint density at radius 1 is 1.04 bits per heavy atom. The third-order valence-corrected chi connectivity index (χ3v) is 4.92. The van der Waals surface area contributed by atoms with Gasteiger partial charge in [0.15, 0.2) is 11.2 Å². The van der Waals surface area contributed by atoms with Crippen LogP contribution in [0, 0.1) is 5.92 Å². The molecule has 7 heteroatoms. The summed E-state index contributed by atoms with van der Waals surface area (Å²) >= 11 is 0. The molecule has 1 saturated carbocycles. The first kappa shape index (κ1) is 15.8. The molecule has 0 spiro atoms. The molecule has 23 heavy (non-hydrogen) atoms. The van der Waals surface area contributed by atoms with E-state index in [9.17, 15) is 9.59 Å². The molecule has 0 aromatic carbocycles. The van der Waals surface area contributed by atoms with Crippen LogP contribution in [0.2, 0.25) is 0 Å². The lowest BCUT2D eigenvalue weighted by Crippen LogP contribution is -2.37. The molecule has 2 heterocycles. The van der Waals surface area contributed by atoms with Gasteiger partial charge in [0.1, 0.15) is 0 Å². The van der Waals surface area contributed by atoms with Crippen LogP contribution in [0.25, 0.3) is 11.2 Å². The molecule has 126 valence electrons. The largest absolute Gasteiger partial charge is 0.465 e. The van der Waals surface area contributed by atoms with E-state index in [0.29, 0.717) is 23.8 Å². The number of aryl methyl sites for hydroxylation is 2. The van der Waals surface area contributed by atoms with Gasteiger partial charge in [-0.25, -0.2) is 4.79 Å². The summed E-state index contributed by atoms with van der Waals surface area (Å²) in [4.78, 5) is 28.6. The van der Waals surface area contributed by atoms with Crippen LogP contribution >= 0.6 is 0 Å². The second kappa shape index (κ2) is 6.22. The molecule has 0 unspecified atom stereocenters. The lowest BCUT2D eigenvalue weighted by atomic mass is 9.87. The zero-order valence-electron chi connectivity index (χ0n) is 14.0. The van der Waals surface area contributed by atoms with Crippen LogP contribution in [0.1, 0.15) is 38.5 Å². The van der Waals surface area contributed by atoms with Crippen LogP contribution in [0.15, 0.2) is 9.59 Å². The van der Waals surface area contributed by atoms with Gasteiger partial charge in [0.2, 0.25) is 0 Å². The van der Waals surface area contributed by atoms with E-state index in [2.05, 4.69) is 4.98 Å².